The Balaban J connectivity index is 1.94. The fraction of sp³-hybridized carbons (Fsp3) is 0.421. The summed E-state index contributed by atoms with van der Waals surface area (Å²) in [5.74, 6) is -1.20. The first-order valence-corrected chi connectivity index (χ1v) is 10.1. The number of halogens is 3. The van der Waals surface area contributed by atoms with Crippen LogP contribution in [0.15, 0.2) is 41.8 Å². The van der Waals surface area contributed by atoms with E-state index in [1.54, 1.807) is 0 Å². The molecule has 0 spiro atoms. The van der Waals surface area contributed by atoms with E-state index in [4.69, 9.17) is 0 Å². The summed E-state index contributed by atoms with van der Waals surface area (Å²) < 4.78 is 39.0. The molecule has 2 rings (SSSR count). The molecule has 1 saturated heterocycles. The van der Waals surface area contributed by atoms with E-state index in [0.717, 1.165) is 4.90 Å². The molecule has 1 aliphatic rings. The Morgan fingerprint density at radius 3 is 2.36 bits per heavy atom. The third kappa shape index (κ3) is 6.49. The molecule has 1 aliphatic heterocycles. The largest absolute Gasteiger partial charge is 0.405 e. The summed E-state index contributed by atoms with van der Waals surface area (Å²) in [6.45, 7) is 5.35. The van der Waals surface area contributed by atoms with E-state index >= 15 is 0 Å². The molecule has 0 radical (unpaired) electrons. The second kappa shape index (κ2) is 9.88. The van der Waals surface area contributed by atoms with Gasteiger partial charge in [-0.05, 0) is 55.5 Å². The van der Waals surface area contributed by atoms with Gasteiger partial charge in [-0.2, -0.15) is 13.2 Å². The normalized spacial score (nSPS) is 17.1. The van der Waals surface area contributed by atoms with E-state index < -0.39 is 24.5 Å². The smallest absolute Gasteiger partial charge is 0.347 e. The Morgan fingerprint density at radius 1 is 1.25 bits per heavy atom. The van der Waals surface area contributed by atoms with E-state index in [1.165, 1.54) is 6.08 Å². The average molecular weight is 415 g/mol. The maximum absolute atomic E-state index is 12.2. The van der Waals surface area contributed by atoms with Crippen LogP contribution < -0.4 is 10.6 Å². The molecule has 0 aliphatic carbocycles. The van der Waals surface area contributed by atoms with Crippen molar-refractivity contribution in [2.24, 2.45) is 5.92 Å². The van der Waals surface area contributed by atoms with Crippen LogP contribution in [0.1, 0.15) is 19.8 Å². The molecular weight excluding hydrogens is 391 g/mol. The van der Waals surface area contributed by atoms with Gasteiger partial charge in [-0.15, -0.1) is 0 Å². The van der Waals surface area contributed by atoms with Gasteiger partial charge in [0.15, 0.2) is 0 Å². The van der Waals surface area contributed by atoms with Crippen molar-refractivity contribution in [3.63, 3.8) is 0 Å². The van der Waals surface area contributed by atoms with Crippen molar-refractivity contribution in [2.75, 3.05) is 25.0 Å². The highest BCUT2D eigenvalue weighted by Gasteiger charge is 2.31. The number of nitrogens with one attached hydrogen (secondary N) is 2. The van der Waals surface area contributed by atoms with Gasteiger partial charge in [0, 0.05) is 29.6 Å². The molecule has 28 heavy (non-hydrogen) atoms. The number of hydrogen-bond acceptors (Lipinski definition) is 3. The fourth-order valence-corrected chi connectivity index (χ4v) is 4.84. The Labute approximate surface area is 165 Å². The summed E-state index contributed by atoms with van der Waals surface area (Å²) in [6, 6.07) is 7.50. The molecule has 1 aromatic carbocycles. The number of carbonyl (C=O) groups is 2. The van der Waals surface area contributed by atoms with Gasteiger partial charge >= 0.3 is 6.18 Å². The van der Waals surface area contributed by atoms with Crippen molar-refractivity contribution in [3.05, 3.63) is 36.9 Å². The van der Waals surface area contributed by atoms with Crippen LogP contribution >= 0.6 is 10.7 Å². The highest BCUT2D eigenvalue weighted by molar-refractivity contribution is 8.13. The third-order valence-corrected chi connectivity index (χ3v) is 6.46. The summed E-state index contributed by atoms with van der Waals surface area (Å²) in [4.78, 5) is 24.4. The second-order valence-electron chi connectivity index (χ2n) is 6.30. The van der Waals surface area contributed by atoms with Crippen LogP contribution in [0, 0.1) is 5.92 Å². The minimum atomic E-state index is -4.39. The Morgan fingerprint density at radius 2 is 1.86 bits per heavy atom. The number of amides is 2. The second-order valence-corrected chi connectivity index (χ2v) is 8.39. The molecule has 1 heterocycles. The van der Waals surface area contributed by atoms with E-state index in [9.17, 15) is 22.8 Å². The van der Waals surface area contributed by atoms with Gasteiger partial charge in [0.25, 0.3) is 0 Å². The predicted octanol–water partition coefficient (Wildman–Crippen LogP) is 3.57. The zero-order valence-electron chi connectivity index (χ0n) is 15.6. The molecule has 1 atom stereocenters. The number of piperidine rings is 1. The lowest BCUT2D eigenvalue weighted by molar-refractivity contribution is -0.141. The highest BCUT2D eigenvalue weighted by Crippen LogP contribution is 2.35. The lowest BCUT2D eigenvalue weighted by atomic mass is 9.97. The van der Waals surface area contributed by atoms with Crippen molar-refractivity contribution >= 4 is 33.5 Å². The molecule has 9 heteroatoms. The summed E-state index contributed by atoms with van der Waals surface area (Å²) in [7, 11) is -0.286. The van der Waals surface area contributed by atoms with Crippen LogP contribution in [-0.4, -0.2) is 47.3 Å². The first-order valence-electron chi connectivity index (χ1n) is 8.89. The molecule has 0 saturated carbocycles. The molecule has 0 bridgehead atoms. The number of carbonyl (C=O) groups excluding carboxylic acids is 2. The number of rotatable bonds is 6. The fourth-order valence-electron chi connectivity index (χ4n) is 2.95. The van der Waals surface area contributed by atoms with Crippen molar-refractivity contribution in [1.82, 2.24) is 9.62 Å². The van der Waals surface area contributed by atoms with Crippen LogP contribution in [0.2, 0.25) is 0 Å². The highest BCUT2D eigenvalue weighted by atomic mass is 32.2. The third-order valence-electron chi connectivity index (χ3n) is 4.34. The number of hydrogen-bond donors (Lipinski definition) is 2. The lowest BCUT2D eigenvalue weighted by Gasteiger charge is -2.33. The lowest BCUT2D eigenvalue weighted by Crippen LogP contribution is -2.41. The zero-order valence-corrected chi connectivity index (χ0v) is 16.4. The SMILES string of the molecule is C=CC(=O)Nc1ccc(S(=CC)N2CCC(C(=O)NCC(F)(F)F)CC2)cc1. The van der Waals surface area contributed by atoms with E-state index in [0.29, 0.717) is 31.6 Å². The standard InChI is InChI=1S/C19H24F3N3O2S/c1-3-17(26)24-15-5-7-16(8-6-15)28(4-2)25-11-9-14(10-12-25)18(27)23-13-19(20,21)22/h3-8,14H,1,9-13H2,2H3,(H,23,27)(H,24,26). The van der Waals surface area contributed by atoms with Crippen molar-refractivity contribution in [3.8, 4) is 0 Å². The monoisotopic (exact) mass is 415 g/mol. The molecule has 0 aromatic heterocycles. The Hall–Kier alpha value is -2.13. The van der Waals surface area contributed by atoms with Gasteiger partial charge in [0.1, 0.15) is 6.54 Å². The first kappa shape index (κ1) is 22.2. The molecular formula is C19H24F3N3O2S. The van der Waals surface area contributed by atoms with Crippen LogP contribution in [0.3, 0.4) is 0 Å². The predicted molar refractivity (Wildman–Crippen MR) is 106 cm³/mol. The number of anilines is 1. The first-order chi connectivity index (χ1) is 13.2. The molecule has 1 fully saturated rings. The summed E-state index contributed by atoms with van der Waals surface area (Å²) in [6.07, 6.45) is -2.15. The Kier molecular flexibility index (Phi) is 7.82. The maximum Gasteiger partial charge on any atom is 0.405 e. The molecule has 2 N–H and O–H groups in total. The van der Waals surface area contributed by atoms with E-state index in [1.807, 2.05) is 36.5 Å². The average Bonchev–Trinajstić information content (AvgIpc) is 2.68. The maximum atomic E-state index is 12.2. The summed E-state index contributed by atoms with van der Waals surface area (Å²) in [5, 5.41) is 6.74. The van der Waals surface area contributed by atoms with Gasteiger partial charge < -0.3 is 10.6 Å². The van der Waals surface area contributed by atoms with E-state index in [2.05, 4.69) is 21.6 Å². The summed E-state index contributed by atoms with van der Waals surface area (Å²) >= 11 is 0. The topological polar surface area (TPSA) is 61.4 Å². The van der Waals surface area contributed by atoms with Gasteiger partial charge in [0.05, 0.1) is 0 Å². The summed E-state index contributed by atoms with van der Waals surface area (Å²) in [5.41, 5.74) is 0.674. The van der Waals surface area contributed by atoms with Gasteiger partial charge in [-0.3, -0.25) is 13.9 Å². The minimum Gasteiger partial charge on any atom is -0.347 e. The quantitative estimate of drug-likeness (QED) is 0.552. The van der Waals surface area contributed by atoms with Gasteiger partial charge in [0.2, 0.25) is 11.8 Å². The number of alkyl halides is 3. The van der Waals surface area contributed by atoms with Crippen LogP contribution in [0.5, 0.6) is 0 Å². The Bertz CT molecular complexity index is 740. The minimum absolute atomic E-state index is 0.278. The van der Waals surface area contributed by atoms with Crippen LogP contribution in [0.25, 0.3) is 0 Å². The van der Waals surface area contributed by atoms with Crippen molar-refractivity contribution in [1.29, 1.82) is 0 Å². The molecule has 1 unspecified atom stereocenters. The van der Waals surface area contributed by atoms with Crippen molar-refractivity contribution in [2.45, 2.75) is 30.8 Å². The van der Waals surface area contributed by atoms with Crippen molar-refractivity contribution < 1.29 is 22.8 Å². The number of nitrogens with zero attached hydrogens (tertiary/aromatic N) is 1. The van der Waals surface area contributed by atoms with Gasteiger partial charge in [-0.25, -0.2) is 0 Å². The number of benzene rings is 1. The zero-order chi connectivity index (χ0) is 20.7. The molecule has 5 nitrogen and oxygen atoms in total. The van der Waals surface area contributed by atoms with Crippen LogP contribution in [0.4, 0.5) is 18.9 Å². The van der Waals surface area contributed by atoms with Crippen LogP contribution in [-0.2, 0) is 9.59 Å². The molecule has 2 amide bonds. The molecule has 1 aromatic rings. The van der Waals surface area contributed by atoms with Gasteiger partial charge in [-0.1, -0.05) is 17.2 Å². The molecule has 154 valence electrons. The van der Waals surface area contributed by atoms with E-state index in [-0.39, 0.29) is 16.6 Å².